The molecule has 4 heteroatoms. The number of benzene rings is 1. The molecule has 4 nitrogen and oxygen atoms in total. The number of anilines is 1. The fourth-order valence-electron chi connectivity index (χ4n) is 2.81. The molecule has 1 saturated heterocycles. The van der Waals surface area contributed by atoms with Gasteiger partial charge in [0.1, 0.15) is 0 Å². The van der Waals surface area contributed by atoms with Crippen LogP contribution >= 0.6 is 0 Å². The molecule has 1 heterocycles. The standard InChI is InChI=1S/C18H29N3O/c1-4-11-19-18(22)20-15(3)16-5-7-17(8-6-16)21-12-9-14(2)10-13-21/h5-8,14-15H,4,9-13H2,1-3H3,(H2,19,20,22)/t15-/m0/s1. The maximum absolute atomic E-state index is 11.7. The summed E-state index contributed by atoms with van der Waals surface area (Å²) in [6, 6.07) is 8.52. The maximum Gasteiger partial charge on any atom is 0.315 e. The number of carbonyl (C=O) groups excluding carboxylic acids is 1. The first-order valence-corrected chi connectivity index (χ1v) is 8.49. The molecule has 1 fully saturated rings. The van der Waals surface area contributed by atoms with Crippen molar-refractivity contribution < 1.29 is 4.79 Å². The van der Waals surface area contributed by atoms with Crippen molar-refractivity contribution in [2.45, 2.75) is 46.1 Å². The number of piperidine rings is 1. The van der Waals surface area contributed by atoms with Gasteiger partial charge in [-0.2, -0.15) is 0 Å². The van der Waals surface area contributed by atoms with Crippen molar-refractivity contribution in [2.24, 2.45) is 5.92 Å². The Balaban J connectivity index is 1.89. The van der Waals surface area contributed by atoms with E-state index in [-0.39, 0.29) is 12.1 Å². The lowest BCUT2D eigenvalue weighted by Crippen LogP contribution is -2.37. The summed E-state index contributed by atoms with van der Waals surface area (Å²) in [6.45, 7) is 9.40. The maximum atomic E-state index is 11.7. The van der Waals surface area contributed by atoms with E-state index >= 15 is 0 Å². The quantitative estimate of drug-likeness (QED) is 0.871. The van der Waals surface area contributed by atoms with E-state index in [4.69, 9.17) is 0 Å². The molecular formula is C18H29N3O. The Labute approximate surface area is 134 Å². The van der Waals surface area contributed by atoms with Crippen molar-refractivity contribution in [3.8, 4) is 0 Å². The summed E-state index contributed by atoms with van der Waals surface area (Å²) in [6.07, 6.45) is 3.50. The van der Waals surface area contributed by atoms with E-state index in [1.165, 1.54) is 18.5 Å². The first kappa shape index (κ1) is 16.7. The second-order valence-corrected chi connectivity index (χ2v) is 6.38. The van der Waals surface area contributed by atoms with Crippen LogP contribution in [0.3, 0.4) is 0 Å². The number of nitrogens with zero attached hydrogens (tertiary/aromatic N) is 1. The Morgan fingerprint density at radius 1 is 1.27 bits per heavy atom. The lowest BCUT2D eigenvalue weighted by molar-refractivity contribution is 0.238. The lowest BCUT2D eigenvalue weighted by Gasteiger charge is -2.32. The van der Waals surface area contributed by atoms with Gasteiger partial charge in [-0.15, -0.1) is 0 Å². The molecule has 1 atom stereocenters. The second-order valence-electron chi connectivity index (χ2n) is 6.38. The van der Waals surface area contributed by atoms with Gasteiger partial charge in [-0.05, 0) is 49.8 Å². The number of urea groups is 1. The van der Waals surface area contributed by atoms with Gasteiger partial charge >= 0.3 is 6.03 Å². The van der Waals surface area contributed by atoms with Crippen LogP contribution in [-0.2, 0) is 0 Å². The monoisotopic (exact) mass is 303 g/mol. The van der Waals surface area contributed by atoms with Crippen LogP contribution in [0.5, 0.6) is 0 Å². The minimum atomic E-state index is -0.0940. The molecule has 0 unspecified atom stereocenters. The van der Waals surface area contributed by atoms with Crippen LogP contribution in [0.4, 0.5) is 10.5 Å². The summed E-state index contributed by atoms with van der Waals surface area (Å²) in [7, 11) is 0. The van der Waals surface area contributed by atoms with Crippen LogP contribution in [0.1, 0.15) is 51.6 Å². The average molecular weight is 303 g/mol. The lowest BCUT2D eigenvalue weighted by atomic mass is 9.98. The van der Waals surface area contributed by atoms with E-state index in [0.717, 1.165) is 31.0 Å². The Bertz CT molecular complexity index is 464. The summed E-state index contributed by atoms with van der Waals surface area (Å²) in [5, 5.41) is 5.81. The summed E-state index contributed by atoms with van der Waals surface area (Å²) in [5.74, 6) is 0.848. The molecule has 1 aromatic carbocycles. The Morgan fingerprint density at radius 3 is 2.50 bits per heavy atom. The van der Waals surface area contributed by atoms with E-state index < -0.39 is 0 Å². The summed E-state index contributed by atoms with van der Waals surface area (Å²) < 4.78 is 0. The number of carbonyl (C=O) groups is 1. The van der Waals surface area contributed by atoms with Crippen molar-refractivity contribution in [3.63, 3.8) is 0 Å². The van der Waals surface area contributed by atoms with E-state index in [1.807, 2.05) is 13.8 Å². The molecule has 1 aliphatic heterocycles. The smallest absolute Gasteiger partial charge is 0.315 e. The predicted molar refractivity (Wildman–Crippen MR) is 92.3 cm³/mol. The fourth-order valence-corrected chi connectivity index (χ4v) is 2.81. The van der Waals surface area contributed by atoms with Gasteiger partial charge in [0.2, 0.25) is 0 Å². The zero-order valence-corrected chi connectivity index (χ0v) is 14.1. The molecule has 0 aliphatic carbocycles. The highest BCUT2D eigenvalue weighted by Gasteiger charge is 2.16. The first-order valence-electron chi connectivity index (χ1n) is 8.49. The van der Waals surface area contributed by atoms with Crippen LogP contribution in [0.2, 0.25) is 0 Å². The first-order chi connectivity index (χ1) is 10.6. The van der Waals surface area contributed by atoms with E-state index in [0.29, 0.717) is 6.54 Å². The van der Waals surface area contributed by atoms with Crippen molar-refractivity contribution >= 4 is 11.7 Å². The fraction of sp³-hybridized carbons (Fsp3) is 0.611. The number of hydrogen-bond acceptors (Lipinski definition) is 2. The molecular weight excluding hydrogens is 274 g/mol. The molecule has 0 aromatic heterocycles. The SMILES string of the molecule is CCCNC(=O)N[C@@H](C)c1ccc(N2CCC(C)CC2)cc1. The van der Waals surface area contributed by atoms with Gasteiger partial charge in [-0.25, -0.2) is 4.79 Å². The largest absolute Gasteiger partial charge is 0.372 e. The van der Waals surface area contributed by atoms with Crippen molar-refractivity contribution in [1.29, 1.82) is 0 Å². The Morgan fingerprint density at radius 2 is 1.91 bits per heavy atom. The van der Waals surface area contributed by atoms with E-state index in [9.17, 15) is 4.79 Å². The third-order valence-electron chi connectivity index (χ3n) is 4.43. The Hall–Kier alpha value is -1.71. The Kier molecular flexibility index (Phi) is 6.10. The van der Waals surface area contributed by atoms with Crippen LogP contribution in [-0.4, -0.2) is 25.7 Å². The molecule has 0 spiro atoms. The normalized spacial score (nSPS) is 17.1. The van der Waals surface area contributed by atoms with Gasteiger partial charge < -0.3 is 15.5 Å². The second kappa shape index (κ2) is 8.06. The van der Waals surface area contributed by atoms with E-state index in [1.54, 1.807) is 0 Å². The van der Waals surface area contributed by atoms with Crippen molar-refractivity contribution in [1.82, 2.24) is 10.6 Å². The highest BCUT2D eigenvalue weighted by molar-refractivity contribution is 5.74. The van der Waals surface area contributed by atoms with E-state index in [2.05, 4.69) is 46.7 Å². The molecule has 2 rings (SSSR count). The molecule has 2 N–H and O–H groups in total. The third-order valence-corrected chi connectivity index (χ3v) is 4.43. The van der Waals surface area contributed by atoms with Gasteiger partial charge in [0.25, 0.3) is 0 Å². The van der Waals surface area contributed by atoms with Gasteiger partial charge in [-0.1, -0.05) is 26.0 Å². The summed E-state index contributed by atoms with van der Waals surface area (Å²) >= 11 is 0. The predicted octanol–water partition coefficient (Wildman–Crippen LogP) is 3.69. The minimum absolute atomic E-state index is 0.0206. The molecule has 0 bridgehead atoms. The zero-order chi connectivity index (χ0) is 15.9. The van der Waals surface area contributed by atoms with Crippen LogP contribution in [0.15, 0.2) is 24.3 Å². The molecule has 0 saturated carbocycles. The third kappa shape index (κ3) is 4.65. The number of rotatable bonds is 5. The molecule has 22 heavy (non-hydrogen) atoms. The summed E-state index contributed by atoms with van der Waals surface area (Å²) in [4.78, 5) is 14.2. The summed E-state index contributed by atoms with van der Waals surface area (Å²) in [5.41, 5.74) is 2.43. The van der Waals surface area contributed by atoms with Gasteiger partial charge in [-0.3, -0.25) is 0 Å². The highest BCUT2D eigenvalue weighted by atomic mass is 16.2. The zero-order valence-electron chi connectivity index (χ0n) is 14.1. The van der Waals surface area contributed by atoms with Crippen molar-refractivity contribution in [3.05, 3.63) is 29.8 Å². The van der Waals surface area contributed by atoms with Gasteiger partial charge in [0.15, 0.2) is 0 Å². The molecule has 122 valence electrons. The van der Waals surface area contributed by atoms with Gasteiger partial charge in [0, 0.05) is 25.3 Å². The van der Waals surface area contributed by atoms with Crippen LogP contribution < -0.4 is 15.5 Å². The molecule has 1 aromatic rings. The number of hydrogen-bond donors (Lipinski definition) is 2. The van der Waals surface area contributed by atoms with Gasteiger partial charge in [0.05, 0.1) is 6.04 Å². The average Bonchev–Trinajstić information content (AvgIpc) is 2.54. The number of amides is 2. The molecule has 1 aliphatic rings. The molecule has 2 amide bonds. The van der Waals surface area contributed by atoms with Crippen LogP contribution in [0.25, 0.3) is 0 Å². The van der Waals surface area contributed by atoms with Crippen LogP contribution in [0, 0.1) is 5.92 Å². The molecule has 0 radical (unpaired) electrons. The number of nitrogens with one attached hydrogen (secondary N) is 2. The highest BCUT2D eigenvalue weighted by Crippen LogP contribution is 2.24. The minimum Gasteiger partial charge on any atom is -0.372 e. The topological polar surface area (TPSA) is 44.4 Å². The van der Waals surface area contributed by atoms with Crippen molar-refractivity contribution in [2.75, 3.05) is 24.5 Å².